The Morgan fingerprint density at radius 2 is 1.93 bits per heavy atom. The summed E-state index contributed by atoms with van der Waals surface area (Å²) < 4.78 is 16.6. The van der Waals surface area contributed by atoms with E-state index in [-0.39, 0.29) is 23.9 Å². The second-order valence-corrected chi connectivity index (χ2v) is 10.0. The minimum absolute atomic E-state index is 0.243. The molecular formula is C30H32FN7OS. The molecular weight excluding hydrogens is 525 g/mol. The summed E-state index contributed by atoms with van der Waals surface area (Å²) >= 11 is 4.45. The van der Waals surface area contributed by atoms with Gasteiger partial charge in [-0.15, -0.1) is 12.6 Å². The predicted octanol–water partition coefficient (Wildman–Crippen LogP) is 4.07. The van der Waals surface area contributed by atoms with E-state index in [0.717, 1.165) is 49.7 Å². The van der Waals surface area contributed by atoms with Gasteiger partial charge >= 0.3 is 0 Å². The van der Waals surface area contributed by atoms with E-state index in [1.807, 2.05) is 54.0 Å². The van der Waals surface area contributed by atoms with Crippen LogP contribution in [0.15, 0.2) is 64.4 Å². The minimum atomic E-state index is -0.312. The van der Waals surface area contributed by atoms with Gasteiger partial charge in [-0.1, -0.05) is 12.1 Å². The van der Waals surface area contributed by atoms with E-state index in [2.05, 4.69) is 45.2 Å². The van der Waals surface area contributed by atoms with Crippen molar-refractivity contribution in [3.05, 3.63) is 82.0 Å². The molecule has 40 heavy (non-hydrogen) atoms. The third-order valence-corrected chi connectivity index (χ3v) is 7.13. The fourth-order valence-corrected chi connectivity index (χ4v) is 4.94. The van der Waals surface area contributed by atoms with Crippen LogP contribution >= 0.6 is 12.6 Å². The van der Waals surface area contributed by atoms with Gasteiger partial charge in [-0.25, -0.2) is 9.37 Å². The number of fused-ring (bicyclic) bond motifs is 1. The number of anilines is 3. The summed E-state index contributed by atoms with van der Waals surface area (Å²) in [5.74, 6) is 3.00. The zero-order valence-electron chi connectivity index (χ0n) is 22.6. The van der Waals surface area contributed by atoms with E-state index in [0.29, 0.717) is 28.0 Å². The van der Waals surface area contributed by atoms with E-state index in [1.165, 1.54) is 6.07 Å². The lowest BCUT2D eigenvalue weighted by Gasteiger charge is -2.29. The van der Waals surface area contributed by atoms with Crippen LogP contribution < -0.4 is 21.1 Å². The molecule has 1 fully saturated rings. The molecule has 0 radical (unpaired) electrons. The Bertz CT molecular complexity index is 1640. The van der Waals surface area contributed by atoms with Crippen molar-refractivity contribution < 1.29 is 4.39 Å². The predicted molar refractivity (Wildman–Crippen MR) is 161 cm³/mol. The molecule has 0 unspecified atom stereocenters. The second-order valence-electron chi connectivity index (χ2n) is 9.53. The van der Waals surface area contributed by atoms with E-state index in [9.17, 15) is 9.18 Å². The molecule has 2 N–H and O–H groups in total. The lowest BCUT2D eigenvalue weighted by molar-refractivity contribution is 0.444. The molecule has 0 spiro atoms. The van der Waals surface area contributed by atoms with E-state index in [1.54, 1.807) is 22.9 Å². The first-order valence-corrected chi connectivity index (χ1v) is 13.9. The molecule has 3 heterocycles. The molecule has 5 rings (SSSR count). The van der Waals surface area contributed by atoms with Gasteiger partial charge in [0.25, 0.3) is 5.56 Å². The fraction of sp³-hybridized carbons (Fsp3) is 0.300. The number of pyridine rings is 1. The first-order chi connectivity index (χ1) is 19.4. The van der Waals surface area contributed by atoms with Crippen LogP contribution in [0.3, 0.4) is 0 Å². The van der Waals surface area contributed by atoms with Crippen molar-refractivity contribution in [1.82, 2.24) is 24.8 Å². The van der Waals surface area contributed by atoms with Gasteiger partial charge in [0.05, 0.1) is 17.8 Å². The number of hydrogen-bond acceptors (Lipinski definition) is 8. The highest BCUT2D eigenvalue weighted by molar-refractivity contribution is 7.80. The van der Waals surface area contributed by atoms with Gasteiger partial charge < -0.3 is 20.4 Å². The zero-order chi connectivity index (χ0) is 28.1. The van der Waals surface area contributed by atoms with Crippen molar-refractivity contribution in [2.75, 3.05) is 49.5 Å². The number of nitrogens with zero attached hydrogens (tertiary/aromatic N) is 5. The van der Waals surface area contributed by atoms with Crippen LogP contribution in [0.25, 0.3) is 11.0 Å². The van der Waals surface area contributed by atoms with Crippen LogP contribution in [-0.4, -0.2) is 58.7 Å². The molecule has 0 saturated carbocycles. The monoisotopic (exact) mass is 557 g/mol. The third-order valence-electron chi connectivity index (χ3n) is 6.85. The molecule has 1 saturated heterocycles. The third kappa shape index (κ3) is 6.22. The Hall–Kier alpha value is -4.07. The summed E-state index contributed by atoms with van der Waals surface area (Å²) in [6, 6.07) is 17.5. The first-order valence-electron chi connectivity index (χ1n) is 13.4. The van der Waals surface area contributed by atoms with Crippen molar-refractivity contribution in [3.8, 4) is 12.0 Å². The smallest absolute Gasteiger partial charge is 0.268 e. The van der Waals surface area contributed by atoms with Gasteiger partial charge in [-0.2, -0.15) is 4.98 Å². The summed E-state index contributed by atoms with van der Waals surface area (Å²) in [4.78, 5) is 27.6. The number of halogens is 1. The highest BCUT2D eigenvalue weighted by Crippen LogP contribution is 2.25. The van der Waals surface area contributed by atoms with Gasteiger partial charge in [-0.05, 0) is 61.7 Å². The number of rotatable bonds is 7. The van der Waals surface area contributed by atoms with Crippen LogP contribution in [0.2, 0.25) is 0 Å². The van der Waals surface area contributed by atoms with Crippen molar-refractivity contribution in [2.45, 2.75) is 25.3 Å². The number of aromatic nitrogens is 3. The van der Waals surface area contributed by atoms with E-state index >= 15 is 0 Å². The number of hydrogen-bond donors (Lipinski definition) is 3. The maximum atomic E-state index is 15.0. The fourth-order valence-electron chi connectivity index (χ4n) is 4.69. The number of nitrogens with one attached hydrogen (secondary N) is 2. The van der Waals surface area contributed by atoms with Crippen molar-refractivity contribution in [1.29, 1.82) is 0 Å². The van der Waals surface area contributed by atoms with Gasteiger partial charge in [0, 0.05) is 67.5 Å². The Kier molecular flexibility index (Phi) is 8.53. The number of thiol groups is 1. The maximum Gasteiger partial charge on any atom is 0.268 e. The molecule has 0 amide bonds. The number of benzene rings is 2. The Morgan fingerprint density at radius 3 is 2.65 bits per heavy atom. The molecule has 10 heteroatoms. The van der Waals surface area contributed by atoms with E-state index in [4.69, 9.17) is 0 Å². The molecule has 0 atom stereocenters. The molecule has 1 aliphatic rings. The summed E-state index contributed by atoms with van der Waals surface area (Å²) in [7, 11) is 0. The van der Waals surface area contributed by atoms with Gasteiger partial charge in [0.1, 0.15) is 11.5 Å². The molecule has 4 aromatic rings. The summed E-state index contributed by atoms with van der Waals surface area (Å²) in [5.41, 5.74) is 2.59. The largest absolute Gasteiger partial charge is 0.367 e. The number of piperazine rings is 1. The minimum Gasteiger partial charge on any atom is -0.367 e. The summed E-state index contributed by atoms with van der Waals surface area (Å²) in [6.07, 6.45) is 1.66. The Labute approximate surface area is 238 Å². The first kappa shape index (κ1) is 27.5. The van der Waals surface area contributed by atoms with Gasteiger partial charge in [0.15, 0.2) is 0 Å². The molecule has 2 aromatic carbocycles. The molecule has 0 bridgehead atoms. The van der Waals surface area contributed by atoms with Gasteiger partial charge in [-0.3, -0.25) is 9.36 Å². The molecule has 2 aromatic heterocycles. The lowest BCUT2D eigenvalue weighted by Crippen LogP contribution is -2.43. The van der Waals surface area contributed by atoms with Crippen molar-refractivity contribution >= 4 is 41.0 Å². The maximum absolute atomic E-state index is 15.0. The SMILES string of the molecule is CCN(C#Cc1cc2cnc(Nc3ccc(N4CCNCC4)c(F)c3)nc2n(Cc2cccc(S)c2)c1=O)CC. The summed E-state index contributed by atoms with van der Waals surface area (Å²) in [5, 5.41) is 7.06. The Morgan fingerprint density at radius 1 is 1.12 bits per heavy atom. The second kappa shape index (κ2) is 12.4. The van der Waals surface area contributed by atoms with Crippen LogP contribution in [0.4, 0.5) is 21.7 Å². The topological polar surface area (TPSA) is 78.3 Å². The molecule has 8 nitrogen and oxygen atoms in total. The van der Waals surface area contributed by atoms with Crippen molar-refractivity contribution in [2.24, 2.45) is 0 Å². The quantitative estimate of drug-likeness (QED) is 0.180. The normalized spacial score (nSPS) is 13.2. The highest BCUT2D eigenvalue weighted by atomic mass is 32.1. The van der Waals surface area contributed by atoms with Crippen LogP contribution in [-0.2, 0) is 6.54 Å². The zero-order valence-corrected chi connectivity index (χ0v) is 23.5. The molecule has 1 aliphatic heterocycles. The lowest BCUT2D eigenvalue weighted by atomic mass is 10.2. The van der Waals surface area contributed by atoms with Crippen LogP contribution in [0, 0.1) is 17.8 Å². The average molecular weight is 558 g/mol. The average Bonchev–Trinajstić information content (AvgIpc) is 2.96. The van der Waals surface area contributed by atoms with Crippen LogP contribution in [0.1, 0.15) is 25.0 Å². The Balaban J connectivity index is 1.52. The summed E-state index contributed by atoms with van der Waals surface area (Å²) in [6.45, 7) is 9.01. The van der Waals surface area contributed by atoms with Crippen LogP contribution in [0.5, 0.6) is 0 Å². The van der Waals surface area contributed by atoms with Crippen molar-refractivity contribution in [3.63, 3.8) is 0 Å². The molecule has 0 aliphatic carbocycles. The molecule has 206 valence electrons. The van der Waals surface area contributed by atoms with E-state index < -0.39 is 0 Å². The highest BCUT2D eigenvalue weighted by Gasteiger charge is 2.16. The van der Waals surface area contributed by atoms with Gasteiger partial charge in [0.2, 0.25) is 5.95 Å². The standard InChI is InChI=1S/C30H32FN7OS/c1-3-36(4-2)13-10-22-17-23-19-33-30(34-24-8-9-27(26(31)18-24)37-14-11-32-12-15-37)35-28(23)38(29(22)39)20-21-6-5-7-25(40)16-21/h5-9,16-19,32,40H,3-4,11-12,14-15,20H2,1-2H3,(H,33,34,35).